The Morgan fingerprint density at radius 3 is 2.90 bits per heavy atom. The predicted octanol–water partition coefficient (Wildman–Crippen LogP) is 0.0521. The van der Waals surface area contributed by atoms with E-state index in [-0.39, 0.29) is 12.7 Å². The number of likely N-dealkylation sites (N-methyl/N-ethyl adjacent to an activating group) is 1. The molecule has 2 rings (SSSR count). The molecule has 1 aliphatic rings. The van der Waals surface area contributed by atoms with E-state index in [4.69, 9.17) is 15.2 Å². The second kappa shape index (κ2) is 6.23. The number of anilines is 1. The minimum absolute atomic E-state index is 0.0854. The van der Waals surface area contributed by atoms with Crippen LogP contribution in [0.15, 0.2) is 0 Å². The number of nitrogens with two attached hydrogens (primary N) is 1. The summed E-state index contributed by atoms with van der Waals surface area (Å²) in [6.07, 6.45) is 0.599. The van der Waals surface area contributed by atoms with Crippen LogP contribution >= 0.6 is 0 Å². The summed E-state index contributed by atoms with van der Waals surface area (Å²) < 4.78 is 12.3. The van der Waals surface area contributed by atoms with E-state index in [0.29, 0.717) is 30.1 Å². The van der Waals surface area contributed by atoms with Gasteiger partial charge in [0, 0.05) is 20.1 Å². The lowest BCUT2D eigenvalue weighted by molar-refractivity contribution is -0.0530. The number of nitrogens with zero attached hydrogens (tertiary/aromatic N) is 3. The SMILES string of the molecule is CCc1nn(C)c(C(=O)OCC2CN(C)CCO2)c1N. The number of ether oxygens (including phenoxy) is 2. The van der Waals surface area contributed by atoms with Gasteiger partial charge in [-0.1, -0.05) is 6.92 Å². The molecule has 2 N–H and O–H groups in total. The molecule has 2 heterocycles. The number of hydrogen-bond donors (Lipinski definition) is 1. The fraction of sp³-hybridized carbons (Fsp3) is 0.692. The predicted molar refractivity (Wildman–Crippen MR) is 74.5 cm³/mol. The second-order valence-corrected chi connectivity index (χ2v) is 5.04. The van der Waals surface area contributed by atoms with Crippen LogP contribution in [-0.2, 0) is 22.9 Å². The zero-order chi connectivity index (χ0) is 14.7. The Kier molecular flexibility index (Phi) is 4.61. The van der Waals surface area contributed by atoms with Crippen molar-refractivity contribution >= 4 is 11.7 Å². The molecule has 0 radical (unpaired) electrons. The summed E-state index contributed by atoms with van der Waals surface area (Å²) in [5, 5.41) is 4.21. The fourth-order valence-electron chi connectivity index (χ4n) is 2.30. The Labute approximate surface area is 118 Å². The van der Waals surface area contributed by atoms with E-state index in [1.807, 2.05) is 14.0 Å². The molecular formula is C13H22N4O3. The number of carbonyl (C=O) groups excluding carboxylic acids is 1. The van der Waals surface area contributed by atoms with Crippen molar-refractivity contribution in [1.29, 1.82) is 0 Å². The number of esters is 1. The largest absolute Gasteiger partial charge is 0.458 e. The van der Waals surface area contributed by atoms with Gasteiger partial charge in [-0.15, -0.1) is 0 Å². The standard InChI is InChI=1S/C13H22N4O3/c1-4-10-11(14)12(17(3)15-10)13(18)20-8-9-7-16(2)5-6-19-9/h9H,4-8,14H2,1-3H3. The summed E-state index contributed by atoms with van der Waals surface area (Å²) in [5.74, 6) is -0.450. The molecule has 0 aliphatic carbocycles. The summed E-state index contributed by atoms with van der Waals surface area (Å²) in [6, 6.07) is 0. The molecule has 1 unspecified atom stereocenters. The molecule has 20 heavy (non-hydrogen) atoms. The van der Waals surface area contributed by atoms with Gasteiger partial charge >= 0.3 is 5.97 Å². The van der Waals surface area contributed by atoms with E-state index < -0.39 is 5.97 Å². The fourth-order valence-corrected chi connectivity index (χ4v) is 2.30. The lowest BCUT2D eigenvalue weighted by Crippen LogP contribution is -2.42. The minimum atomic E-state index is -0.450. The lowest BCUT2D eigenvalue weighted by atomic mass is 10.2. The number of aromatic nitrogens is 2. The first-order valence-electron chi connectivity index (χ1n) is 6.81. The maximum atomic E-state index is 12.1. The summed E-state index contributed by atoms with van der Waals surface area (Å²) >= 11 is 0. The molecular weight excluding hydrogens is 260 g/mol. The smallest absolute Gasteiger partial charge is 0.358 e. The molecule has 7 nitrogen and oxygen atoms in total. The quantitative estimate of drug-likeness (QED) is 0.786. The van der Waals surface area contributed by atoms with Gasteiger partial charge in [0.05, 0.1) is 18.0 Å². The average molecular weight is 282 g/mol. The van der Waals surface area contributed by atoms with Crippen LogP contribution in [0.5, 0.6) is 0 Å². The molecule has 112 valence electrons. The molecule has 0 aromatic carbocycles. The number of rotatable bonds is 4. The van der Waals surface area contributed by atoms with Crippen molar-refractivity contribution in [3.8, 4) is 0 Å². The van der Waals surface area contributed by atoms with E-state index in [0.717, 1.165) is 13.1 Å². The zero-order valence-corrected chi connectivity index (χ0v) is 12.3. The van der Waals surface area contributed by atoms with Crippen LogP contribution in [-0.4, -0.2) is 60.1 Å². The van der Waals surface area contributed by atoms with Gasteiger partial charge in [0.2, 0.25) is 0 Å². The molecule has 1 aromatic heterocycles. The zero-order valence-electron chi connectivity index (χ0n) is 12.3. The van der Waals surface area contributed by atoms with Gasteiger partial charge < -0.3 is 20.1 Å². The first-order chi connectivity index (χ1) is 9.52. The van der Waals surface area contributed by atoms with Crippen LogP contribution < -0.4 is 5.73 Å². The van der Waals surface area contributed by atoms with E-state index in [1.165, 1.54) is 4.68 Å². The Morgan fingerprint density at radius 1 is 1.55 bits per heavy atom. The van der Waals surface area contributed by atoms with Crippen molar-refractivity contribution in [3.05, 3.63) is 11.4 Å². The molecule has 1 atom stereocenters. The average Bonchev–Trinajstić information content (AvgIpc) is 2.71. The number of aryl methyl sites for hydroxylation is 2. The highest BCUT2D eigenvalue weighted by Crippen LogP contribution is 2.18. The topological polar surface area (TPSA) is 82.6 Å². The van der Waals surface area contributed by atoms with E-state index in [2.05, 4.69) is 10.00 Å². The summed E-state index contributed by atoms with van der Waals surface area (Å²) in [6.45, 7) is 4.49. The molecule has 1 aliphatic heterocycles. The van der Waals surface area contributed by atoms with Gasteiger partial charge in [-0.25, -0.2) is 4.79 Å². The van der Waals surface area contributed by atoms with E-state index in [1.54, 1.807) is 7.05 Å². The number of carbonyl (C=O) groups is 1. The highest BCUT2D eigenvalue weighted by Gasteiger charge is 2.23. The summed E-state index contributed by atoms with van der Waals surface area (Å²) in [5.41, 5.74) is 7.35. The monoisotopic (exact) mass is 282 g/mol. The summed E-state index contributed by atoms with van der Waals surface area (Å²) in [4.78, 5) is 14.3. The minimum Gasteiger partial charge on any atom is -0.458 e. The van der Waals surface area contributed by atoms with E-state index >= 15 is 0 Å². The molecule has 0 amide bonds. The molecule has 1 aromatic rings. The van der Waals surface area contributed by atoms with Gasteiger partial charge in [0.1, 0.15) is 12.7 Å². The Bertz CT molecular complexity index is 486. The normalized spacial score (nSPS) is 20.1. The molecule has 0 spiro atoms. The van der Waals surface area contributed by atoms with Crippen LogP contribution in [0.4, 0.5) is 5.69 Å². The van der Waals surface area contributed by atoms with Crippen molar-refractivity contribution in [2.24, 2.45) is 7.05 Å². The Morgan fingerprint density at radius 2 is 2.30 bits per heavy atom. The lowest BCUT2D eigenvalue weighted by Gasteiger charge is -2.29. The van der Waals surface area contributed by atoms with Gasteiger partial charge in [-0.3, -0.25) is 4.68 Å². The molecule has 1 fully saturated rings. The van der Waals surface area contributed by atoms with Crippen LogP contribution in [0.3, 0.4) is 0 Å². The van der Waals surface area contributed by atoms with Crippen LogP contribution in [0.25, 0.3) is 0 Å². The Hall–Kier alpha value is -1.60. The third kappa shape index (κ3) is 3.10. The third-order valence-electron chi connectivity index (χ3n) is 3.43. The van der Waals surface area contributed by atoms with Crippen LogP contribution in [0.1, 0.15) is 23.1 Å². The third-order valence-corrected chi connectivity index (χ3v) is 3.43. The first kappa shape index (κ1) is 14.8. The van der Waals surface area contributed by atoms with Crippen molar-refractivity contribution in [1.82, 2.24) is 14.7 Å². The number of nitrogen functional groups attached to an aromatic ring is 1. The van der Waals surface area contributed by atoms with Gasteiger partial charge in [0.15, 0.2) is 5.69 Å². The molecule has 1 saturated heterocycles. The molecule has 0 saturated carbocycles. The van der Waals surface area contributed by atoms with Crippen molar-refractivity contribution < 1.29 is 14.3 Å². The van der Waals surface area contributed by atoms with Gasteiger partial charge in [-0.2, -0.15) is 5.10 Å². The van der Waals surface area contributed by atoms with Crippen molar-refractivity contribution in [2.45, 2.75) is 19.4 Å². The number of morpholine rings is 1. The maximum absolute atomic E-state index is 12.1. The van der Waals surface area contributed by atoms with Gasteiger partial charge in [-0.05, 0) is 13.5 Å². The molecule has 0 bridgehead atoms. The first-order valence-corrected chi connectivity index (χ1v) is 6.81. The van der Waals surface area contributed by atoms with Gasteiger partial charge in [0.25, 0.3) is 0 Å². The second-order valence-electron chi connectivity index (χ2n) is 5.04. The highest BCUT2D eigenvalue weighted by molar-refractivity contribution is 5.93. The van der Waals surface area contributed by atoms with Crippen molar-refractivity contribution in [2.75, 3.05) is 39.1 Å². The highest BCUT2D eigenvalue weighted by atomic mass is 16.6. The van der Waals surface area contributed by atoms with Crippen LogP contribution in [0, 0.1) is 0 Å². The number of hydrogen-bond acceptors (Lipinski definition) is 6. The van der Waals surface area contributed by atoms with Crippen molar-refractivity contribution in [3.63, 3.8) is 0 Å². The summed E-state index contributed by atoms with van der Waals surface area (Å²) in [7, 11) is 3.71. The maximum Gasteiger partial charge on any atom is 0.358 e. The molecule has 7 heteroatoms. The van der Waals surface area contributed by atoms with Crippen LogP contribution in [0.2, 0.25) is 0 Å². The van der Waals surface area contributed by atoms with E-state index in [9.17, 15) is 4.79 Å². The Balaban J connectivity index is 1.96.